The lowest BCUT2D eigenvalue weighted by Crippen LogP contribution is -2.23. The normalized spacial score (nSPS) is 24.4. The van der Waals surface area contributed by atoms with Crippen molar-refractivity contribution in [3.05, 3.63) is 28.2 Å². The largest absolute Gasteiger partial charge is 0.490 e. The molecule has 1 aliphatic rings. The summed E-state index contributed by atoms with van der Waals surface area (Å²) in [4.78, 5) is 10.7. The molecule has 1 fully saturated rings. The van der Waals surface area contributed by atoms with Gasteiger partial charge in [-0.3, -0.25) is 4.79 Å². The maximum atomic E-state index is 10.7. The number of halogens is 1. The van der Waals surface area contributed by atoms with Gasteiger partial charge in [-0.05, 0) is 65.7 Å². The molecule has 1 aliphatic carbocycles. The monoisotopic (exact) mass is 296 g/mol. The summed E-state index contributed by atoms with van der Waals surface area (Å²) in [5, 5.41) is 0. The smallest absolute Gasteiger partial charge is 0.151 e. The molecule has 17 heavy (non-hydrogen) atoms. The van der Waals surface area contributed by atoms with Gasteiger partial charge in [-0.25, -0.2) is 0 Å². The summed E-state index contributed by atoms with van der Waals surface area (Å²) in [6.07, 6.45) is 5.94. The number of hydrogen-bond donors (Lipinski definition) is 0. The number of carbonyl (C=O) groups is 1. The Labute approximate surface area is 110 Å². The minimum atomic E-state index is 0.334. The highest BCUT2D eigenvalue weighted by Gasteiger charge is 2.19. The van der Waals surface area contributed by atoms with Crippen molar-refractivity contribution in [3.63, 3.8) is 0 Å². The summed E-state index contributed by atoms with van der Waals surface area (Å²) >= 11 is 3.37. The van der Waals surface area contributed by atoms with E-state index < -0.39 is 0 Å². The van der Waals surface area contributed by atoms with Crippen molar-refractivity contribution >= 4 is 22.2 Å². The summed E-state index contributed by atoms with van der Waals surface area (Å²) in [6.45, 7) is 2.30. The Hall–Kier alpha value is -0.830. The van der Waals surface area contributed by atoms with E-state index in [-0.39, 0.29) is 0 Å². The molecule has 0 unspecified atom stereocenters. The molecule has 0 saturated heterocycles. The van der Waals surface area contributed by atoms with Crippen LogP contribution in [0, 0.1) is 5.92 Å². The molecule has 0 radical (unpaired) electrons. The zero-order chi connectivity index (χ0) is 12.3. The Morgan fingerprint density at radius 1 is 1.29 bits per heavy atom. The highest BCUT2D eigenvalue weighted by Crippen LogP contribution is 2.29. The summed E-state index contributed by atoms with van der Waals surface area (Å²) < 4.78 is 6.74. The number of carbonyl (C=O) groups excluding carboxylic acids is 1. The third-order valence-electron chi connectivity index (χ3n) is 3.36. The Balaban J connectivity index is 1.99. The van der Waals surface area contributed by atoms with Gasteiger partial charge in [-0.15, -0.1) is 0 Å². The molecule has 0 heterocycles. The molecular weight excluding hydrogens is 280 g/mol. The molecule has 2 nitrogen and oxygen atoms in total. The SMILES string of the molecule is CC1CCC(Oc2ccc(C=O)c(Br)c2)CC1. The van der Waals surface area contributed by atoms with E-state index in [0.29, 0.717) is 11.7 Å². The highest BCUT2D eigenvalue weighted by atomic mass is 79.9. The van der Waals surface area contributed by atoms with Crippen molar-refractivity contribution in [2.24, 2.45) is 5.92 Å². The molecule has 3 heteroatoms. The fraction of sp³-hybridized carbons (Fsp3) is 0.500. The number of hydrogen-bond acceptors (Lipinski definition) is 2. The van der Waals surface area contributed by atoms with Gasteiger partial charge in [0.05, 0.1) is 6.10 Å². The average Bonchev–Trinajstić information content (AvgIpc) is 2.32. The van der Waals surface area contributed by atoms with E-state index in [4.69, 9.17) is 4.74 Å². The maximum Gasteiger partial charge on any atom is 0.151 e. The first-order valence-electron chi connectivity index (χ1n) is 6.10. The zero-order valence-electron chi connectivity index (χ0n) is 9.99. The molecule has 92 valence electrons. The number of ether oxygens (including phenoxy) is 1. The number of benzene rings is 1. The summed E-state index contributed by atoms with van der Waals surface area (Å²) in [6, 6.07) is 5.53. The van der Waals surface area contributed by atoms with Crippen LogP contribution in [0.3, 0.4) is 0 Å². The quantitative estimate of drug-likeness (QED) is 0.781. The molecule has 0 atom stereocenters. The van der Waals surface area contributed by atoms with Crippen molar-refractivity contribution < 1.29 is 9.53 Å². The van der Waals surface area contributed by atoms with E-state index in [1.165, 1.54) is 12.8 Å². The fourth-order valence-electron chi connectivity index (χ4n) is 2.22. The Kier molecular flexibility index (Phi) is 4.21. The van der Waals surface area contributed by atoms with Crippen molar-refractivity contribution in [2.45, 2.75) is 38.7 Å². The van der Waals surface area contributed by atoms with Gasteiger partial charge in [0.15, 0.2) is 6.29 Å². The van der Waals surface area contributed by atoms with Gasteiger partial charge in [0, 0.05) is 10.0 Å². The summed E-state index contributed by atoms with van der Waals surface area (Å²) in [5.74, 6) is 1.68. The van der Waals surface area contributed by atoms with Crippen molar-refractivity contribution in [2.75, 3.05) is 0 Å². The molecule has 2 rings (SSSR count). The Morgan fingerprint density at radius 3 is 2.59 bits per heavy atom. The molecule has 0 amide bonds. The second-order valence-corrected chi connectivity index (χ2v) is 5.66. The van der Waals surface area contributed by atoms with Crippen molar-refractivity contribution in [1.29, 1.82) is 0 Å². The molecule has 1 saturated carbocycles. The van der Waals surface area contributed by atoms with Crippen LogP contribution >= 0.6 is 15.9 Å². The van der Waals surface area contributed by atoms with Crippen LogP contribution in [0.4, 0.5) is 0 Å². The van der Waals surface area contributed by atoms with Gasteiger partial charge < -0.3 is 4.74 Å². The molecule has 0 aliphatic heterocycles. The van der Waals surface area contributed by atoms with E-state index in [0.717, 1.165) is 35.3 Å². The van der Waals surface area contributed by atoms with Gasteiger partial charge in [-0.2, -0.15) is 0 Å². The van der Waals surface area contributed by atoms with E-state index >= 15 is 0 Å². The molecule has 0 N–H and O–H groups in total. The van der Waals surface area contributed by atoms with E-state index in [1.54, 1.807) is 6.07 Å². The number of aldehydes is 1. The minimum absolute atomic E-state index is 0.334. The second-order valence-electron chi connectivity index (χ2n) is 4.80. The van der Waals surface area contributed by atoms with E-state index in [2.05, 4.69) is 22.9 Å². The minimum Gasteiger partial charge on any atom is -0.490 e. The van der Waals surface area contributed by atoms with Gasteiger partial charge in [0.25, 0.3) is 0 Å². The second kappa shape index (κ2) is 5.67. The molecule has 0 aromatic heterocycles. The lowest BCUT2D eigenvalue weighted by atomic mass is 9.89. The van der Waals surface area contributed by atoms with Gasteiger partial charge in [-0.1, -0.05) is 6.92 Å². The standard InChI is InChI=1S/C14H17BrO2/c1-10-2-5-12(6-3-10)17-13-7-4-11(9-16)14(15)8-13/h4,7-10,12H,2-3,5-6H2,1H3. The molecular formula is C14H17BrO2. The van der Waals surface area contributed by atoms with Gasteiger partial charge >= 0.3 is 0 Å². The lowest BCUT2D eigenvalue weighted by Gasteiger charge is -2.27. The van der Waals surface area contributed by atoms with Crippen LogP contribution in [0.5, 0.6) is 5.75 Å². The lowest BCUT2D eigenvalue weighted by molar-refractivity contribution is 0.112. The molecule has 0 bridgehead atoms. The van der Waals surface area contributed by atoms with Crippen LogP contribution in [0.2, 0.25) is 0 Å². The predicted molar refractivity (Wildman–Crippen MR) is 71.6 cm³/mol. The van der Waals surface area contributed by atoms with Crippen LogP contribution in [0.15, 0.2) is 22.7 Å². The predicted octanol–water partition coefficient (Wildman–Crippen LogP) is 4.22. The zero-order valence-corrected chi connectivity index (χ0v) is 11.6. The van der Waals surface area contributed by atoms with Crippen molar-refractivity contribution in [1.82, 2.24) is 0 Å². The van der Waals surface area contributed by atoms with Crippen LogP contribution in [0.1, 0.15) is 43.0 Å². The third-order valence-corrected chi connectivity index (χ3v) is 4.05. The Morgan fingerprint density at radius 2 is 2.00 bits per heavy atom. The van der Waals surface area contributed by atoms with Crippen LogP contribution in [0.25, 0.3) is 0 Å². The van der Waals surface area contributed by atoms with Crippen molar-refractivity contribution in [3.8, 4) is 5.75 Å². The average molecular weight is 297 g/mol. The van der Waals surface area contributed by atoms with Crippen LogP contribution < -0.4 is 4.74 Å². The van der Waals surface area contributed by atoms with E-state index in [1.807, 2.05) is 12.1 Å². The van der Waals surface area contributed by atoms with Gasteiger partial charge in [0.2, 0.25) is 0 Å². The topological polar surface area (TPSA) is 26.3 Å². The molecule has 1 aromatic carbocycles. The summed E-state index contributed by atoms with van der Waals surface area (Å²) in [7, 11) is 0. The Bertz CT molecular complexity index is 395. The third kappa shape index (κ3) is 3.32. The first kappa shape index (κ1) is 12.6. The first-order chi connectivity index (χ1) is 8.19. The summed E-state index contributed by atoms with van der Waals surface area (Å²) in [5.41, 5.74) is 0.662. The fourth-order valence-corrected chi connectivity index (χ4v) is 2.67. The first-order valence-corrected chi connectivity index (χ1v) is 6.89. The highest BCUT2D eigenvalue weighted by molar-refractivity contribution is 9.10. The van der Waals surface area contributed by atoms with Gasteiger partial charge in [0.1, 0.15) is 5.75 Å². The van der Waals surface area contributed by atoms with Crippen LogP contribution in [-0.4, -0.2) is 12.4 Å². The van der Waals surface area contributed by atoms with E-state index in [9.17, 15) is 4.79 Å². The van der Waals surface area contributed by atoms with Crippen LogP contribution in [-0.2, 0) is 0 Å². The molecule has 0 spiro atoms. The molecule has 1 aromatic rings. The maximum absolute atomic E-state index is 10.7. The number of rotatable bonds is 3.